The molecule has 0 saturated carbocycles. The van der Waals surface area contributed by atoms with Crippen molar-refractivity contribution in [2.24, 2.45) is 0 Å². The molecule has 2 heterocycles. The zero-order chi connectivity index (χ0) is 25.1. The van der Waals surface area contributed by atoms with Crippen molar-refractivity contribution in [3.05, 3.63) is 69.1 Å². The van der Waals surface area contributed by atoms with Gasteiger partial charge in [-0.15, -0.1) is 0 Å². The fourth-order valence-corrected chi connectivity index (χ4v) is 4.84. The van der Waals surface area contributed by atoms with Crippen LogP contribution in [0.2, 0.25) is 0 Å². The number of nitrogens with zero attached hydrogens (tertiary/aromatic N) is 2. The molecule has 0 fully saturated rings. The van der Waals surface area contributed by atoms with E-state index in [9.17, 15) is 9.59 Å². The van der Waals surface area contributed by atoms with Crippen LogP contribution < -0.4 is 14.9 Å². The predicted molar refractivity (Wildman–Crippen MR) is 137 cm³/mol. The first-order valence-electron chi connectivity index (χ1n) is 12.3. The van der Waals surface area contributed by atoms with E-state index in [1.165, 1.54) is 0 Å². The Labute approximate surface area is 206 Å². The lowest BCUT2D eigenvalue weighted by Gasteiger charge is -2.27. The summed E-state index contributed by atoms with van der Waals surface area (Å²) in [6, 6.07) is 10.5. The number of hydrogen-bond donors (Lipinski definition) is 0. The third-order valence-corrected chi connectivity index (χ3v) is 6.69. The van der Waals surface area contributed by atoms with E-state index in [2.05, 4.69) is 18.7 Å². The monoisotopic (exact) mass is 478 g/mol. The van der Waals surface area contributed by atoms with Gasteiger partial charge in [-0.3, -0.25) is 9.59 Å². The number of aryl methyl sites for hydroxylation is 1. The molecule has 0 bridgehead atoms. The number of benzene rings is 2. The van der Waals surface area contributed by atoms with Gasteiger partial charge in [-0.2, -0.15) is 0 Å². The lowest BCUT2D eigenvalue weighted by molar-refractivity contribution is 0.0720. The molecule has 4 rings (SSSR count). The molecule has 35 heavy (non-hydrogen) atoms. The molecule has 0 radical (unpaired) electrons. The van der Waals surface area contributed by atoms with Crippen LogP contribution in [0.3, 0.4) is 0 Å². The first kappa shape index (κ1) is 24.8. The minimum Gasteiger partial charge on any atom is -0.493 e. The Balaban J connectivity index is 1.83. The SMILES string of the molecule is CCOc1ccc([C@@H]2c3c(oc4ccc(C)cc4c3=O)C(=O)N2CCCN(CC)CC)cc1OC. The molecule has 1 aliphatic rings. The summed E-state index contributed by atoms with van der Waals surface area (Å²) in [5.41, 5.74) is 2.41. The number of methoxy groups -OCH3 is 1. The Kier molecular flexibility index (Phi) is 7.45. The zero-order valence-corrected chi connectivity index (χ0v) is 21.2. The van der Waals surface area contributed by atoms with Crippen LogP contribution >= 0.6 is 0 Å². The van der Waals surface area contributed by atoms with Crippen molar-refractivity contribution in [1.29, 1.82) is 0 Å². The Morgan fingerprint density at radius 3 is 2.49 bits per heavy atom. The van der Waals surface area contributed by atoms with Gasteiger partial charge >= 0.3 is 0 Å². The van der Waals surface area contributed by atoms with Crippen molar-refractivity contribution >= 4 is 16.9 Å². The van der Waals surface area contributed by atoms with Gasteiger partial charge in [-0.1, -0.05) is 31.5 Å². The molecular formula is C28H34N2O5. The maximum absolute atomic E-state index is 13.7. The van der Waals surface area contributed by atoms with E-state index >= 15 is 0 Å². The van der Waals surface area contributed by atoms with E-state index in [4.69, 9.17) is 13.9 Å². The highest BCUT2D eigenvalue weighted by atomic mass is 16.5. The van der Waals surface area contributed by atoms with Crippen molar-refractivity contribution in [3.63, 3.8) is 0 Å². The van der Waals surface area contributed by atoms with Gasteiger partial charge in [0.1, 0.15) is 5.58 Å². The molecule has 1 atom stereocenters. The number of ether oxygens (including phenoxy) is 2. The Bertz CT molecular complexity index is 1280. The highest BCUT2D eigenvalue weighted by Gasteiger charge is 2.42. The maximum atomic E-state index is 13.7. The third kappa shape index (κ3) is 4.65. The van der Waals surface area contributed by atoms with Gasteiger partial charge in [0.25, 0.3) is 5.91 Å². The summed E-state index contributed by atoms with van der Waals surface area (Å²) < 4.78 is 17.3. The standard InChI is InChI=1S/C28H34N2O5/c1-6-29(7-2)14-9-15-30-25(19-11-13-22(34-8-3)23(17-19)33-5)24-26(31)20-16-18(4)10-12-21(20)35-27(24)28(30)32/h10-13,16-17,25H,6-9,14-15H2,1-5H3/t25-/m1/s1. The molecule has 1 amide bonds. The van der Waals surface area contributed by atoms with Crippen LogP contribution in [0.4, 0.5) is 0 Å². The van der Waals surface area contributed by atoms with Gasteiger partial charge in [-0.05, 0) is 69.7 Å². The molecule has 2 aromatic carbocycles. The lowest BCUT2D eigenvalue weighted by Crippen LogP contribution is -2.33. The minimum absolute atomic E-state index is 0.132. The maximum Gasteiger partial charge on any atom is 0.290 e. The molecular weight excluding hydrogens is 444 g/mol. The second-order valence-corrected chi connectivity index (χ2v) is 8.80. The predicted octanol–water partition coefficient (Wildman–Crippen LogP) is 4.79. The Morgan fingerprint density at radius 2 is 1.80 bits per heavy atom. The van der Waals surface area contributed by atoms with Crippen LogP contribution in [0.1, 0.15) is 60.5 Å². The highest BCUT2D eigenvalue weighted by Crippen LogP contribution is 2.41. The molecule has 0 N–H and O–H groups in total. The number of amides is 1. The van der Waals surface area contributed by atoms with E-state index < -0.39 is 6.04 Å². The molecule has 186 valence electrons. The summed E-state index contributed by atoms with van der Waals surface area (Å²) in [5.74, 6) is 1.07. The smallest absolute Gasteiger partial charge is 0.290 e. The van der Waals surface area contributed by atoms with Crippen LogP contribution in [0.5, 0.6) is 11.5 Å². The van der Waals surface area contributed by atoms with Crippen LogP contribution in [0, 0.1) is 6.92 Å². The van der Waals surface area contributed by atoms with Crippen LogP contribution in [-0.2, 0) is 0 Å². The zero-order valence-electron chi connectivity index (χ0n) is 21.2. The summed E-state index contributed by atoms with van der Waals surface area (Å²) in [6.45, 7) is 11.9. The van der Waals surface area contributed by atoms with E-state index in [1.807, 2.05) is 44.2 Å². The normalized spacial score (nSPS) is 15.2. The first-order chi connectivity index (χ1) is 16.9. The van der Waals surface area contributed by atoms with Gasteiger partial charge < -0.3 is 23.7 Å². The van der Waals surface area contributed by atoms with Gasteiger partial charge in [-0.25, -0.2) is 0 Å². The summed E-state index contributed by atoms with van der Waals surface area (Å²) in [5, 5.41) is 0.490. The summed E-state index contributed by atoms with van der Waals surface area (Å²) >= 11 is 0. The number of rotatable bonds is 10. The van der Waals surface area contributed by atoms with Gasteiger partial charge in [0.05, 0.1) is 30.7 Å². The molecule has 0 unspecified atom stereocenters. The third-order valence-electron chi connectivity index (χ3n) is 6.69. The number of hydrogen-bond acceptors (Lipinski definition) is 6. The summed E-state index contributed by atoms with van der Waals surface area (Å²) in [6.07, 6.45) is 0.791. The largest absolute Gasteiger partial charge is 0.493 e. The van der Waals surface area contributed by atoms with Crippen molar-refractivity contribution in [3.8, 4) is 11.5 Å². The lowest BCUT2D eigenvalue weighted by atomic mass is 9.97. The molecule has 1 aliphatic heterocycles. The Hall–Kier alpha value is -3.32. The fourth-order valence-electron chi connectivity index (χ4n) is 4.84. The molecule has 3 aromatic rings. The molecule has 7 heteroatoms. The minimum atomic E-state index is -0.556. The van der Waals surface area contributed by atoms with Crippen molar-refractivity contribution < 1.29 is 18.7 Å². The van der Waals surface area contributed by atoms with Gasteiger partial charge in [0.2, 0.25) is 5.76 Å². The van der Waals surface area contributed by atoms with E-state index in [1.54, 1.807) is 18.1 Å². The fraction of sp³-hybridized carbons (Fsp3) is 0.429. The van der Waals surface area contributed by atoms with Crippen LogP contribution in [-0.4, -0.2) is 55.6 Å². The molecule has 1 aromatic heterocycles. The van der Waals surface area contributed by atoms with Crippen molar-refractivity contribution in [2.45, 2.75) is 40.2 Å². The van der Waals surface area contributed by atoms with Crippen LogP contribution in [0.15, 0.2) is 45.6 Å². The Morgan fingerprint density at radius 1 is 1.03 bits per heavy atom. The average Bonchev–Trinajstić information content (AvgIpc) is 3.14. The topological polar surface area (TPSA) is 72.2 Å². The second kappa shape index (κ2) is 10.5. The second-order valence-electron chi connectivity index (χ2n) is 8.80. The quantitative estimate of drug-likeness (QED) is 0.417. The van der Waals surface area contributed by atoms with Gasteiger partial charge in [0, 0.05) is 6.54 Å². The first-order valence-corrected chi connectivity index (χ1v) is 12.3. The number of fused-ring (bicyclic) bond motifs is 2. The number of carbonyl (C=O) groups excluding carboxylic acids is 1. The number of carbonyl (C=O) groups is 1. The highest BCUT2D eigenvalue weighted by molar-refractivity contribution is 5.99. The van der Waals surface area contributed by atoms with Crippen molar-refractivity contribution in [2.75, 3.05) is 39.9 Å². The van der Waals surface area contributed by atoms with E-state index in [0.29, 0.717) is 41.2 Å². The van der Waals surface area contributed by atoms with Gasteiger partial charge in [0.15, 0.2) is 16.9 Å². The van der Waals surface area contributed by atoms with E-state index in [0.717, 1.165) is 37.2 Å². The van der Waals surface area contributed by atoms with Crippen molar-refractivity contribution in [1.82, 2.24) is 9.80 Å². The average molecular weight is 479 g/mol. The van der Waals surface area contributed by atoms with E-state index in [-0.39, 0.29) is 17.1 Å². The summed E-state index contributed by atoms with van der Waals surface area (Å²) in [4.78, 5) is 31.4. The van der Waals surface area contributed by atoms with Crippen LogP contribution in [0.25, 0.3) is 11.0 Å². The molecule has 0 spiro atoms. The summed E-state index contributed by atoms with van der Waals surface area (Å²) in [7, 11) is 1.59. The molecule has 0 aliphatic carbocycles. The molecule has 7 nitrogen and oxygen atoms in total. The molecule has 0 saturated heterocycles.